The van der Waals surface area contributed by atoms with E-state index in [1.807, 2.05) is 31.3 Å². The van der Waals surface area contributed by atoms with Crippen LogP contribution in [0.2, 0.25) is 10.0 Å². The van der Waals surface area contributed by atoms with E-state index in [2.05, 4.69) is 26.9 Å². The van der Waals surface area contributed by atoms with Gasteiger partial charge >= 0.3 is 0 Å². The topological polar surface area (TPSA) is 78.0 Å². The number of aryl methyl sites for hydroxylation is 2. The highest BCUT2D eigenvalue weighted by Crippen LogP contribution is 2.36. The summed E-state index contributed by atoms with van der Waals surface area (Å²) in [6.07, 6.45) is 4.46. The highest BCUT2D eigenvalue weighted by Gasteiger charge is 2.27. The maximum Gasteiger partial charge on any atom is 0.223 e. The molecule has 2 aromatic carbocycles. The van der Waals surface area contributed by atoms with Crippen molar-refractivity contribution in [3.8, 4) is 5.75 Å². The molecular formula is C22H25Cl2N5OS. The van der Waals surface area contributed by atoms with Crippen molar-refractivity contribution in [1.29, 1.82) is 0 Å². The quantitative estimate of drug-likeness (QED) is 0.369. The van der Waals surface area contributed by atoms with Crippen LogP contribution >= 0.6 is 35.1 Å². The molecule has 1 aliphatic rings. The number of hydrogen-bond acceptors (Lipinski definition) is 6. The lowest BCUT2D eigenvalue weighted by Gasteiger charge is -2.32. The molecule has 0 spiro atoms. The summed E-state index contributed by atoms with van der Waals surface area (Å²) in [4.78, 5) is 4.16. The largest absolute Gasteiger partial charge is 0.492 e. The monoisotopic (exact) mass is 477 g/mol. The summed E-state index contributed by atoms with van der Waals surface area (Å²) in [6.45, 7) is 1.22. The number of hydrogen-bond donors (Lipinski definition) is 2. The van der Waals surface area contributed by atoms with Crippen molar-refractivity contribution >= 4 is 35.1 Å². The predicted molar refractivity (Wildman–Crippen MR) is 126 cm³/mol. The number of nitrogens with one attached hydrogen (secondary N) is 1. The number of nitrogens with zero attached hydrogens (tertiary/aromatic N) is 3. The standard InChI is InChI=1S/C22H25Cl2N5OS/c1-29-13-26-22(28-29)31-27-8-9-30-16-5-3-15-4-7-21(25)18(17(15)12-16)10-14-2-6-19(23)20(24)11-14/h2-3,5-6,11-13,18,21,27H,4,7-10,25H2,1H3. The minimum Gasteiger partial charge on any atom is -0.492 e. The Labute approximate surface area is 196 Å². The number of nitrogens with two attached hydrogens (primary N) is 1. The van der Waals surface area contributed by atoms with Crippen molar-refractivity contribution in [2.24, 2.45) is 12.8 Å². The number of rotatable bonds is 8. The molecule has 9 heteroatoms. The third-order valence-electron chi connectivity index (χ3n) is 5.44. The summed E-state index contributed by atoms with van der Waals surface area (Å²) < 4.78 is 10.9. The first-order chi connectivity index (χ1) is 15.0. The van der Waals surface area contributed by atoms with Gasteiger partial charge in [-0.1, -0.05) is 35.3 Å². The van der Waals surface area contributed by atoms with Gasteiger partial charge in [0, 0.05) is 25.6 Å². The third kappa shape index (κ3) is 5.73. The molecule has 0 saturated heterocycles. The van der Waals surface area contributed by atoms with Gasteiger partial charge in [-0.2, -0.15) is 0 Å². The Hall–Kier alpha value is -1.77. The second-order valence-electron chi connectivity index (χ2n) is 7.67. The molecule has 0 bridgehead atoms. The average molecular weight is 478 g/mol. The van der Waals surface area contributed by atoms with Crippen LogP contribution in [0.25, 0.3) is 0 Å². The molecule has 2 atom stereocenters. The smallest absolute Gasteiger partial charge is 0.223 e. The normalized spacial score (nSPS) is 18.1. The molecule has 1 aliphatic carbocycles. The van der Waals surface area contributed by atoms with Gasteiger partial charge in [0.05, 0.1) is 10.0 Å². The number of halogens is 2. The maximum absolute atomic E-state index is 6.53. The average Bonchev–Trinajstić information content (AvgIpc) is 3.17. The van der Waals surface area contributed by atoms with E-state index in [9.17, 15) is 0 Å². The van der Waals surface area contributed by atoms with Crippen LogP contribution in [0.5, 0.6) is 5.75 Å². The van der Waals surface area contributed by atoms with Crippen molar-refractivity contribution in [2.75, 3.05) is 13.2 Å². The number of ether oxygens (including phenoxy) is 1. The summed E-state index contributed by atoms with van der Waals surface area (Å²) in [5.74, 6) is 1.07. The molecule has 3 N–H and O–H groups in total. The van der Waals surface area contributed by atoms with E-state index in [1.165, 1.54) is 23.1 Å². The van der Waals surface area contributed by atoms with Crippen LogP contribution in [0.4, 0.5) is 0 Å². The molecular weight excluding hydrogens is 453 g/mol. The van der Waals surface area contributed by atoms with E-state index in [0.717, 1.165) is 30.6 Å². The van der Waals surface area contributed by atoms with E-state index in [4.69, 9.17) is 33.7 Å². The van der Waals surface area contributed by atoms with E-state index in [-0.39, 0.29) is 12.0 Å². The van der Waals surface area contributed by atoms with Crippen LogP contribution in [0.3, 0.4) is 0 Å². The molecule has 0 radical (unpaired) electrons. The van der Waals surface area contributed by atoms with Gasteiger partial charge in [-0.25, -0.2) is 4.98 Å². The van der Waals surface area contributed by atoms with Gasteiger partial charge in [-0.3, -0.25) is 9.40 Å². The van der Waals surface area contributed by atoms with Crippen LogP contribution in [-0.2, 0) is 19.9 Å². The minimum absolute atomic E-state index is 0.0983. The molecule has 0 fully saturated rings. The first-order valence-corrected chi connectivity index (χ1v) is 11.8. The lowest BCUT2D eigenvalue weighted by atomic mass is 9.76. The first kappa shape index (κ1) is 22.4. The molecule has 4 rings (SSSR count). The maximum atomic E-state index is 6.53. The SMILES string of the molecule is Cn1cnc(SNCCOc2ccc3c(c2)C(Cc2ccc(Cl)c(Cl)c2)C(N)CC3)n1. The zero-order valence-corrected chi connectivity index (χ0v) is 19.6. The Balaban J connectivity index is 1.38. The third-order valence-corrected chi connectivity index (χ3v) is 6.89. The lowest BCUT2D eigenvalue weighted by molar-refractivity contribution is 0.323. The Morgan fingerprint density at radius 2 is 2.10 bits per heavy atom. The molecule has 0 saturated carbocycles. The fourth-order valence-electron chi connectivity index (χ4n) is 3.86. The van der Waals surface area contributed by atoms with Gasteiger partial charge in [0.25, 0.3) is 0 Å². The van der Waals surface area contributed by atoms with E-state index >= 15 is 0 Å². The molecule has 3 aromatic rings. The van der Waals surface area contributed by atoms with Crippen molar-refractivity contribution in [3.05, 3.63) is 69.5 Å². The molecule has 1 heterocycles. The van der Waals surface area contributed by atoms with Gasteiger partial charge in [0.2, 0.25) is 5.16 Å². The summed E-state index contributed by atoms with van der Waals surface area (Å²) in [6, 6.07) is 12.3. The summed E-state index contributed by atoms with van der Waals surface area (Å²) in [5, 5.41) is 6.05. The van der Waals surface area contributed by atoms with Gasteiger partial charge in [-0.05, 0) is 72.2 Å². The molecule has 2 unspecified atom stereocenters. The molecule has 0 amide bonds. The van der Waals surface area contributed by atoms with E-state index in [0.29, 0.717) is 28.4 Å². The lowest BCUT2D eigenvalue weighted by Crippen LogP contribution is -2.34. The van der Waals surface area contributed by atoms with Gasteiger partial charge in [0.15, 0.2) is 0 Å². The zero-order chi connectivity index (χ0) is 21.8. The minimum atomic E-state index is 0.0983. The van der Waals surface area contributed by atoms with Crippen LogP contribution < -0.4 is 15.2 Å². The molecule has 1 aromatic heterocycles. The van der Waals surface area contributed by atoms with E-state index in [1.54, 1.807) is 11.0 Å². The fourth-order valence-corrected chi connectivity index (χ4v) is 4.77. The summed E-state index contributed by atoms with van der Waals surface area (Å²) in [7, 11) is 1.84. The van der Waals surface area contributed by atoms with Crippen molar-refractivity contribution in [3.63, 3.8) is 0 Å². The molecule has 164 valence electrons. The highest BCUT2D eigenvalue weighted by molar-refractivity contribution is 7.97. The van der Waals surface area contributed by atoms with Crippen molar-refractivity contribution in [2.45, 2.75) is 36.4 Å². The Bertz CT molecular complexity index is 1040. The highest BCUT2D eigenvalue weighted by atomic mass is 35.5. The Kier molecular flexibility index (Phi) is 7.40. The summed E-state index contributed by atoms with van der Waals surface area (Å²) in [5.41, 5.74) is 10.3. The molecule has 0 aliphatic heterocycles. The van der Waals surface area contributed by atoms with Crippen molar-refractivity contribution < 1.29 is 4.74 Å². The van der Waals surface area contributed by atoms with Crippen LogP contribution in [0.15, 0.2) is 47.9 Å². The number of fused-ring (bicyclic) bond motifs is 1. The van der Waals surface area contributed by atoms with Gasteiger partial charge < -0.3 is 10.5 Å². The number of aromatic nitrogens is 3. The summed E-state index contributed by atoms with van der Waals surface area (Å²) >= 11 is 13.7. The Morgan fingerprint density at radius 1 is 1.23 bits per heavy atom. The van der Waals surface area contributed by atoms with Crippen LogP contribution in [0.1, 0.15) is 29.0 Å². The number of benzene rings is 2. The van der Waals surface area contributed by atoms with E-state index < -0.39 is 0 Å². The molecule has 31 heavy (non-hydrogen) atoms. The first-order valence-electron chi connectivity index (χ1n) is 10.2. The fraction of sp³-hybridized carbons (Fsp3) is 0.364. The van der Waals surface area contributed by atoms with Crippen LogP contribution in [0, 0.1) is 0 Å². The van der Waals surface area contributed by atoms with Crippen molar-refractivity contribution in [1.82, 2.24) is 19.5 Å². The van der Waals surface area contributed by atoms with Crippen LogP contribution in [-0.4, -0.2) is 34.0 Å². The second-order valence-corrected chi connectivity index (χ2v) is 9.34. The van der Waals surface area contributed by atoms with Gasteiger partial charge in [-0.15, -0.1) is 5.10 Å². The molecule has 6 nitrogen and oxygen atoms in total. The van der Waals surface area contributed by atoms with Gasteiger partial charge in [0.1, 0.15) is 18.7 Å². The zero-order valence-electron chi connectivity index (χ0n) is 17.2. The second kappa shape index (κ2) is 10.2. The Morgan fingerprint density at radius 3 is 2.87 bits per heavy atom. The predicted octanol–water partition coefficient (Wildman–Crippen LogP) is 4.40.